The molecule has 0 amide bonds. The van der Waals surface area contributed by atoms with Crippen molar-refractivity contribution in [2.24, 2.45) is 0 Å². The van der Waals surface area contributed by atoms with Crippen molar-refractivity contribution >= 4 is 11.9 Å². The van der Waals surface area contributed by atoms with E-state index < -0.39 is 24.4 Å². The number of carbonyl (C=O) groups is 2. The minimum Gasteiger partial charge on any atom is -0.542 e. The molecule has 7 nitrogen and oxygen atoms in total. The molecule has 0 bridgehead atoms. The lowest BCUT2D eigenvalue weighted by Crippen LogP contribution is -2.50. The second-order valence-electron chi connectivity index (χ2n) is 4.79. The summed E-state index contributed by atoms with van der Waals surface area (Å²) in [5.74, 6) is -3.34. The van der Waals surface area contributed by atoms with Crippen LogP contribution in [0.25, 0.3) is 0 Å². The van der Waals surface area contributed by atoms with Crippen LogP contribution in [0.1, 0.15) is 32.1 Å². The number of aliphatic hydroxyl groups is 2. The Kier molecular flexibility index (Phi) is 14.1. The summed E-state index contributed by atoms with van der Waals surface area (Å²) in [6, 6.07) is 0. The lowest BCUT2D eigenvalue weighted by atomic mass is 10.1. The van der Waals surface area contributed by atoms with Crippen LogP contribution in [0.4, 0.5) is 13.2 Å². The molecule has 0 aromatic carbocycles. The molecule has 0 fully saturated rings. The Morgan fingerprint density at radius 1 is 1.21 bits per heavy atom. The van der Waals surface area contributed by atoms with Gasteiger partial charge in [-0.2, -0.15) is 13.2 Å². The molecule has 0 saturated carbocycles. The van der Waals surface area contributed by atoms with Crippen molar-refractivity contribution in [3.8, 4) is 0 Å². The fraction of sp³-hybridized carbons (Fsp3) is 0.714. The molecule has 0 radical (unpaired) electrons. The molecule has 5 N–H and O–H groups in total. The first-order valence-corrected chi connectivity index (χ1v) is 7.26. The minimum absolute atomic E-state index is 0.164. The van der Waals surface area contributed by atoms with E-state index in [1.807, 2.05) is 0 Å². The van der Waals surface area contributed by atoms with Crippen molar-refractivity contribution in [2.45, 2.75) is 50.5 Å². The Labute approximate surface area is 137 Å². The van der Waals surface area contributed by atoms with E-state index in [1.165, 1.54) is 6.08 Å². The Morgan fingerprint density at radius 2 is 1.75 bits per heavy atom. The van der Waals surface area contributed by atoms with Crippen molar-refractivity contribution in [1.82, 2.24) is 0 Å². The predicted octanol–water partition coefficient (Wildman–Crippen LogP) is -1.07. The SMILES string of the molecule is C=CCC(O)C(O)COC(=O)CCCCC[NH3+].O=C([O-])C(F)(F)F. The summed E-state index contributed by atoms with van der Waals surface area (Å²) in [5.41, 5.74) is 3.71. The molecule has 0 heterocycles. The summed E-state index contributed by atoms with van der Waals surface area (Å²) >= 11 is 0. The van der Waals surface area contributed by atoms with E-state index in [1.54, 1.807) is 0 Å². The number of esters is 1. The zero-order valence-corrected chi connectivity index (χ0v) is 13.3. The van der Waals surface area contributed by atoms with E-state index >= 15 is 0 Å². The lowest BCUT2D eigenvalue weighted by molar-refractivity contribution is -0.368. The fourth-order valence-corrected chi connectivity index (χ4v) is 1.31. The van der Waals surface area contributed by atoms with Crippen LogP contribution >= 0.6 is 0 Å². The summed E-state index contributed by atoms with van der Waals surface area (Å²) in [7, 11) is 0. The highest BCUT2D eigenvalue weighted by Crippen LogP contribution is 2.11. The van der Waals surface area contributed by atoms with Crippen LogP contribution in [0.3, 0.4) is 0 Å². The van der Waals surface area contributed by atoms with Gasteiger partial charge < -0.3 is 30.6 Å². The molecule has 142 valence electrons. The monoisotopic (exact) mass is 359 g/mol. The summed E-state index contributed by atoms with van der Waals surface area (Å²) in [6.07, 6.45) is -2.28. The number of aliphatic carboxylic acids is 1. The highest BCUT2D eigenvalue weighted by Gasteiger charge is 2.28. The average Bonchev–Trinajstić information content (AvgIpc) is 2.49. The maximum atomic E-state index is 11.2. The molecule has 0 aromatic rings. The summed E-state index contributed by atoms with van der Waals surface area (Å²) in [5, 5.41) is 27.6. The highest BCUT2D eigenvalue weighted by atomic mass is 19.4. The Hall–Kier alpha value is -1.65. The second-order valence-corrected chi connectivity index (χ2v) is 4.79. The van der Waals surface area contributed by atoms with Crippen LogP contribution in [-0.4, -0.2) is 53.7 Å². The number of hydrogen-bond acceptors (Lipinski definition) is 6. The molecule has 0 aliphatic carbocycles. The molecule has 2 atom stereocenters. The maximum absolute atomic E-state index is 11.2. The lowest BCUT2D eigenvalue weighted by Gasteiger charge is -2.16. The van der Waals surface area contributed by atoms with E-state index in [4.69, 9.17) is 14.6 Å². The number of carbonyl (C=O) groups excluding carboxylic acids is 2. The van der Waals surface area contributed by atoms with Gasteiger partial charge >= 0.3 is 12.1 Å². The van der Waals surface area contributed by atoms with Gasteiger partial charge in [0.05, 0.1) is 12.6 Å². The van der Waals surface area contributed by atoms with Gasteiger partial charge in [0.2, 0.25) is 0 Å². The molecule has 0 rings (SSSR count). The third kappa shape index (κ3) is 15.3. The molecule has 0 aromatic heterocycles. The Bertz CT molecular complexity index is 376. The van der Waals surface area contributed by atoms with Crippen molar-refractivity contribution < 1.29 is 48.6 Å². The van der Waals surface area contributed by atoms with Gasteiger partial charge in [-0.1, -0.05) is 6.08 Å². The van der Waals surface area contributed by atoms with Crippen LogP contribution in [0.2, 0.25) is 0 Å². The Morgan fingerprint density at radius 3 is 2.17 bits per heavy atom. The minimum atomic E-state index is -5.19. The van der Waals surface area contributed by atoms with Gasteiger partial charge in [0.15, 0.2) is 0 Å². The number of alkyl halides is 3. The van der Waals surface area contributed by atoms with Crippen molar-refractivity contribution in [3.05, 3.63) is 12.7 Å². The number of carboxylic acids is 1. The first-order valence-electron chi connectivity index (χ1n) is 7.26. The third-order valence-electron chi connectivity index (χ3n) is 2.63. The zero-order valence-electron chi connectivity index (χ0n) is 13.3. The Balaban J connectivity index is 0. The normalized spacial score (nSPS) is 13.2. The van der Waals surface area contributed by atoms with Gasteiger partial charge in [-0.15, -0.1) is 6.58 Å². The number of quaternary nitrogens is 1. The second kappa shape index (κ2) is 13.8. The number of unbranched alkanes of at least 4 members (excludes halogenated alkanes) is 2. The molecule has 0 spiro atoms. The molecule has 24 heavy (non-hydrogen) atoms. The van der Waals surface area contributed by atoms with Crippen molar-refractivity contribution in [3.63, 3.8) is 0 Å². The molecule has 0 aliphatic rings. The van der Waals surface area contributed by atoms with E-state index in [0.29, 0.717) is 6.42 Å². The first-order chi connectivity index (χ1) is 11.1. The molecule has 10 heteroatoms. The standard InChI is InChI=1S/C12H23NO4.C2HF3O2/c1-2-6-10(14)11(15)9-17-12(16)7-4-3-5-8-13;3-2(4,5)1(6)7/h2,10-11,14-15H,1,3-9,13H2;(H,6,7). The average molecular weight is 359 g/mol. The number of rotatable bonds is 10. The zero-order chi connectivity index (χ0) is 19.2. The summed E-state index contributed by atoms with van der Waals surface area (Å²) < 4.78 is 36.4. The van der Waals surface area contributed by atoms with Crippen LogP contribution in [0, 0.1) is 0 Å². The van der Waals surface area contributed by atoms with E-state index in [9.17, 15) is 28.2 Å². The van der Waals surface area contributed by atoms with Crippen LogP contribution < -0.4 is 10.8 Å². The van der Waals surface area contributed by atoms with Crippen molar-refractivity contribution in [1.29, 1.82) is 0 Å². The third-order valence-corrected chi connectivity index (χ3v) is 2.63. The summed E-state index contributed by atoms with van der Waals surface area (Å²) in [4.78, 5) is 20.0. The maximum Gasteiger partial charge on any atom is 0.430 e. The number of carboxylic acid groups (broad SMARTS) is 1. The van der Waals surface area contributed by atoms with Crippen LogP contribution in [-0.2, 0) is 14.3 Å². The van der Waals surface area contributed by atoms with Crippen molar-refractivity contribution in [2.75, 3.05) is 13.2 Å². The molecular weight excluding hydrogens is 335 g/mol. The van der Waals surface area contributed by atoms with Gasteiger partial charge in [0.1, 0.15) is 18.7 Å². The topological polar surface area (TPSA) is 135 Å². The van der Waals surface area contributed by atoms with Gasteiger partial charge in [0, 0.05) is 6.42 Å². The van der Waals surface area contributed by atoms with Gasteiger partial charge in [-0.25, -0.2) is 0 Å². The first kappa shape index (κ1) is 24.6. The predicted molar refractivity (Wildman–Crippen MR) is 75.1 cm³/mol. The van der Waals surface area contributed by atoms with E-state index in [0.717, 1.165) is 25.8 Å². The fourth-order valence-electron chi connectivity index (χ4n) is 1.31. The van der Waals surface area contributed by atoms with E-state index in [-0.39, 0.29) is 19.0 Å². The quantitative estimate of drug-likeness (QED) is 0.258. The number of hydrogen-bond donors (Lipinski definition) is 3. The van der Waals surface area contributed by atoms with Gasteiger partial charge in [-0.3, -0.25) is 4.79 Å². The molecule has 0 saturated heterocycles. The number of aliphatic hydroxyl groups excluding tert-OH is 2. The summed E-state index contributed by atoms with van der Waals surface area (Å²) in [6.45, 7) is 4.17. The smallest absolute Gasteiger partial charge is 0.430 e. The molecule has 2 unspecified atom stereocenters. The largest absolute Gasteiger partial charge is 0.542 e. The number of ether oxygens (including phenoxy) is 1. The number of halogens is 3. The highest BCUT2D eigenvalue weighted by molar-refractivity contribution is 5.70. The molecule has 0 aliphatic heterocycles. The molecular formula is C14H24F3NO6. The van der Waals surface area contributed by atoms with Gasteiger partial charge in [0.25, 0.3) is 0 Å². The van der Waals surface area contributed by atoms with Gasteiger partial charge in [-0.05, 0) is 25.7 Å². The van der Waals surface area contributed by atoms with Crippen LogP contribution in [0.15, 0.2) is 12.7 Å². The van der Waals surface area contributed by atoms with Crippen LogP contribution in [0.5, 0.6) is 0 Å². The van der Waals surface area contributed by atoms with E-state index in [2.05, 4.69) is 12.3 Å².